The first-order valence-corrected chi connectivity index (χ1v) is 9.11. The maximum Gasteiger partial charge on any atom is 0.326 e. The van der Waals surface area contributed by atoms with Gasteiger partial charge < -0.3 is 15.0 Å². The fourth-order valence-electron chi connectivity index (χ4n) is 2.90. The Bertz CT molecular complexity index is 829. The van der Waals surface area contributed by atoms with E-state index < -0.39 is 12.1 Å². The number of aryl methyl sites for hydroxylation is 2. The van der Waals surface area contributed by atoms with Crippen LogP contribution in [0.25, 0.3) is 0 Å². The quantitative estimate of drug-likeness (QED) is 0.747. The number of rotatable bonds is 7. The zero-order valence-corrected chi connectivity index (χ0v) is 16.7. The summed E-state index contributed by atoms with van der Waals surface area (Å²) in [6.45, 7) is 5.44. The average Bonchev–Trinajstić information content (AvgIpc) is 2.65. The number of benzene rings is 2. The Morgan fingerprint density at radius 3 is 2.25 bits per heavy atom. The van der Waals surface area contributed by atoms with E-state index in [0.29, 0.717) is 12.1 Å². The van der Waals surface area contributed by atoms with Gasteiger partial charge in [-0.25, -0.2) is 0 Å². The fourth-order valence-corrected chi connectivity index (χ4v) is 2.90. The lowest BCUT2D eigenvalue weighted by molar-refractivity contribution is -0.157. The Kier molecular flexibility index (Phi) is 7.32. The maximum absolute atomic E-state index is 12.4. The molecule has 0 bridgehead atoms. The smallest absolute Gasteiger partial charge is 0.326 e. The van der Waals surface area contributed by atoms with Crippen molar-refractivity contribution in [3.05, 3.63) is 70.8 Å². The first kappa shape index (κ1) is 21.2. The summed E-state index contributed by atoms with van der Waals surface area (Å²) in [5, 5.41) is 2.53. The number of esters is 1. The Morgan fingerprint density at radius 1 is 1.04 bits per heavy atom. The van der Waals surface area contributed by atoms with Crippen LogP contribution in [-0.4, -0.2) is 42.4 Å². The zero-order chi connectivity index (χ0) is 20.7. The van der Waals surface area contributed by atoms with E-state index in [0.717, 1.165) is 16.7 Å². The van der Waals surface area contributed by atoms with Gasteiger partial charge >= 0.3 is 5.97 Å². The van der Waals surface area contributed by atoms with Crippen LogP contribution in [0.15, 0.2) is 48.5 Å². The molecule has 1 N–H and O–H groups in total. The molecular formula is C22H26N2O4. The van der Waals surface area contributed by atoms with Gasteiger partial charge in [-0.2, -0.15) is 0 Å². The summed E-state index contributed by atoms with van der Waals surface area (Å²) in [4.78, 5) is 38.1. The Labute approximate surface area is 165 Å². The van der Waals surface area contributed by atoms with E-state index in [9.17, 15) is 14.4 Å². The van der Waals surface area contributed by atoms with Crippen molar-refractivity contribution in [3.63, 3.8) is 0 Å². The third-order valence-electron chi connectivity index (χ3n) is 4.17. The highest BCUT2D eigenvalue weighted by atomic mass is 16.5. The van der Waals surface area contributed by atoms with E-state index in [1.165, 1.54) is 11.8 Å². The van der Waals surface area contributed by atoms with Crippen molar-refractivity contribution in [3.8, 4) is 0 Å². The van der Waals surface area contributed by atoms with Crippen molar-refractivity contribution >= 4 is 17.8 Å². The second-order valence-electron chi connectivity index (χ2n) is 6.87. The lowest BCUT2D eigenvalue weighted by Gasteiger charge is -2.21. The third-order valence-corrected chi connectivity index (χ3v) is 4.17. The molecule has 0 radical (unpaired) electrons. The van der Waals surface area contributed by atoms with Crippen LogP contribution in [0.1, 0.15) is 34.0 Å². The maximum atomic E-state index is 12.4. The minimum Gasteiger partial charge on any atom is -0.451 e. The first-order valence-electron chi connectivity index (χ1n) is 9.11. The summed E-state index contributed by atoms with van der Waals surface area (Å²) in [6, 6.07) is 15.0. The van der Waals surface area contributed by atoms with Gasteiger partial charge in [-0.1, -0.05) is 47.5 Å². The topological polar surface area (TPSA) is 75.7 Å². The highest BCUT2D eigenvalue weighted by Crippen LogP contribution is 2.09. The molecule has 0 saturated carbocycles. The van der Waals surface area contributed by atoms with E-state index in [4.69, 9.17) is 4.74 Å². The number of nitrogens with zero attached hydrogens (tertiary/aromatic N) is 1. The molecule has 28 heavy (non-hydrogen) atoms. The van der Waals surface area contributed by atoms with Crippen LogP contribution in [0.5, 0.6) is 0 Å². The number of amides is 2. The van der Waals surface area contributed by atoms with Gasteiger partial charge in [0, 0.05) is 19.2 Å². The van der Waals surface area contributed by atoms with Crippen LogP contribution in [0, 0.1) is 13.8 Å². The van der Waals surface area contributed by atoms with Gasteiger partial charge in [0.25, 0.3) is 11.8 Å². The molecule has 0 aliphatic carbocycles. The van der Waals surface area contributed by atoms with Crippen molar-refractivity contribution in [2.45, 2.75) is 33.4 Å². The van der Waals surface area contributed by atoms with Gasteiger partial charge in [-0.05, 0) is 38.5 Å². The van der Waals surface area contributed by atoms with Gasteiger partial charge in [-0.3, -0.25) is 14.4 Å². The van der Waals surface area contributed by atoms with Crippen LogP contribution in [0.2, 0.25) is 0 Å². The molecule has 0 unspecified atom stereocenters. The molecule has 0 heterocycles. The molecule has 6 nitrogen and oxygen atoms in total. The van der Waals surface area contributed by atoms with Crippen molar-refractivity contribution in [1.29, 1.82) is 0 Å². The van der Waals surface area contributed by atoms with E-state index in [1.54, 1.807) is 19.2 Å². The minimum absolute atomic E-state index is 0.300. The minimum atomic E-state index is -0.931. The predicted octanol–water partition coefficient (Wildman–Crippen LogP) is 2.62. The van der Waals surface area contributed by atoms with E-state index in [-0.39, 0.29) is 18.4 Å². The van der Waals surface area contributed by atoms with Crippen LogP contribution in [-0.2, 0) is 20.9 Å². The Balaban J connectivity index is 1.82. The SMILES string of the molecule is Cc1cc(C)cc(C(=O)NCC(=O)O[C@@H](C)C(=O)N(C)Cc2ccccc2)c1. The Hall–Kier alpha value is -3.15. The number of ether oxygens (including phenoxy) is 1. The molecular weight excluding hydrogens is 356 g/mol. The predicted molar refractivity (Wildman–Crippen MR) is 107 cm³/mol. The van der Waals surface area contributed by atoms with Crippen LogP contribution >= 0.6 is 0 Å². The molecule has 6 heteroatoms. The molecule has 2 amide bonds. The van der Waals surface area contributed by atoms with Gasteiger partial charge in [-0.15, -0.1) is 0 Å². The number of nitrogens with one attached hydrogen (secondary N) is 1. The Morgan fingerprint density at radius 2 is 1.64 bits per heavy atom. The summed E-state index contributed by atoms with van der Waals surface area (Å²) in [6.07, 6.45) is -0.931. The molecule has 2 aromatic rings. The van der Waals surface area contributed by atoms with E-state index in [1.807, 2.05) is 50.2 Å². The van der Waals surface area contributed by atoms with Crippen LogP contribution in [0.4, 0.5) is 0 Å². The molecule has 148 valence electrons. The molecule has 0 aliphatic rings. The van der Waals surface area contributed by atoms with Gasteiger partial charge in [0.2, 0.25) is 0 Å². The number of likely N-dealkylation sites (N-methyl/N-ethyl adjacent to an activating group) is 1. The summed E-state index contributed by atoms with van der Waals surface area (Å²) in [7, 11) is 1.65. The third kappa shape index (κ3) is 6.23. The molecule has 0 aromatic heterocycles. The van der Waals surface area contributed by atoms with Gasteiger partial charge in [0.05, 0.1) is 0 Å². The van der Waals surface area contributed by atoms with Gasteiger partial charge in [0.1, 0.15) is 6.54 Å². The lowest BCUT2D eigenvalue weighted by atomic mass is 10.1. The normalized spacial score (nSPS) is 11.4. The van der Waals surface area contributed by atoms with Crippen molar-refractivity contribution in [2.24, 2.45) is 0 Å². The number of hydrogen-bond acceptors (Lipinski definition) is 4. The number of carbonyl (C=O) groups excluding carboxylic acids is 3. The molecule has 0 saturated heterocycles. The number of hydrogen-bond donors (Lipinski definition) is 1. The second-order valence-corrected chi connectivity index (χ2v) is 6.87. The van der Waals surface area contributed by atoms with Crippen molar-refractivity contribution in [2.75, 3.05) is 13.6 Å². The monoisotopic (exact) mass is 382 g/mol. The van der Waals surface area contributed by atoms with Crippen molar-refractivity contribution in [1.82, 2.24) is 10.2 Å². The highest BCUT2D eigenvalue weighted by molar-refractivity contribution is 5.96. The van der Waals surface area contributed by atoms with Crippen LogP contribution < -0.4 is 5.32 Å². The van der Waals surface area contributed by atoms with Crippen molar-refractivity contribution < 1.29 is 19.1 Å². The fraction of sp³-hybridized carbons (Fsp3) is 0.318. The van der Waals surface area contributed by atoms with E-state index >= 15 is 0 Å². The standard InChI is InChI=1S/C22H26N2O4/c1-15-10-16(2)12-19(11-15)21(26)23-13-20(25)28-17(3)22(27)24(4)14-18-8-6-5-7-9-18/h5-12,17H,13-14H2,1-4H3,(H,23,26)/t17-/m0/s1. The number of carbonyl (C=O) groups is 3. The lowest BCUT2D eigenvalue weighted by Crippen LogP contribution is -2.39. The van der Waals surface area contributed by atoms with E-state index in [2.05, 4.69) is 5.32 Å². The molecule has 2 rings (SSSR count). The highest BCUT2D eigenvalue weighted by Gasteiger charge is 2.22. The molecule has 0 fully saturated rings. The summed E-state index contributed by atoms with van der Waals surface area (Å²) in [5.74, 6) is -1.33. The first-order chi connectivity index (χ1) is 13.3. The second kappa shape index (κ2) is 9.69. The van der Waals surface area contributed by atoms with Crippen LogP contribution in [0.3, 0.4) is 0 Å². The van der Waals surface area contributed by atoms with Gasteiger partial charge in [0.15, 0.2) is 6.10 Å². The zero-order valence-electron chi connectivity index (χ0n) is 16.7. The molecule has 0 aliphatic heterocycles. The average molecular weight is 382 g/mol. The summed E-state index contributed by atoms with van der Waals surface area (Å²) >= 11 is 0. The largest absolute Gasteiger partial charge is 0.451 e. The summed E-state index contributed by atoms with van der Waals surface area (Å²) < 4.78 is 5.16. The molecule has 1 atom stereocenters. The molecule has 0 spiro atoms. The molecule has 2 aromatic carbocycles. The summed E-state index contributed by atoms with van der Waals surface area (Å²) in [5.41, 5.74) is 3.40.